The summed E-state index contributed by atoms with van der Waals surface area (Å²) in [5.74, 6) is 0.860. The Balaban J connectivity index is 1.57. The Morgan fingerprint density at radius 2 is 2.12 bits per heavy atom. The van der Waals surface area contributed by atoms with E-state index in [2.05, 4.69) is 15.2 Å². The fourth-order valence-electron chi connectivity index (χ4n) is 4.10. The first-order valence-electron chi connectivity index (χ1n) is 9.30. The largest absolute Gasteiger partial charge is 0.396 e. The summed E-state index contributed by atoms with van der Waals surface area (Å²) >= 11 is 0. The lowest BCUT2D eigenvalue weighted by atomic mass is 9.87. The molecule has 2 atom stereocenters. The molecule has 1 saturated heterocycles. The maximum atomic E-state index is 12.4. The zero-order valence-corrected chi connectivity index (χ0v) is 14.4. The van der Waals surface area contributed by atoms with E-state index in [0.29, 0.717) is 5.56 Å². The molecule has 132 valence electrons. The van der Waals surface area contributed by atoms with Gasteiger partial charge in [-0.3, -0.25) is 9.78 Å². The predicted molar refractivity (Wildman–Crippen MR) is 93.7 cm³/mol. The number of rotatable bonds is 5. The summed E-state index contributed by atoms with van der Waals surface area (Å²) in [5, 5.41) is 12.8. The molecular weight excluding hydrogens is 302 g/mol. The highest BCUT2D eigenvalue weighted by Crippen LogP contribution is 2.26. The molecule has 0 spiro atoms. The summed E-state index contributed by atoms with van der Waals surface area (Å²) in [5.41, 5.74) is 0.582. The summed E-state index contributed by atoms with van der Waals surface area (Å²) in [4.78, 5) is 18.9. The van der Waals surface area contributed by atoms with Gasteiger partial charge in [0, 0.05) is 44.0 Å². The van der Waals surface area contributed by atoms with Crippen LogP contribution in [0.3, 0.4) is 0 Å². The number of nitrogens with one attached hydrogen (secondary N) is 1. The number of aliphatic hydroxyl groups is 1. The molecule has 1 amide bonds. The fourth-order valence-corrected chi connectivity index (χ4v) is 4.10. The summed E-state index contributed by atoms with van der Waals surface area (Å²) < 4.78 is 0. The van der Waals surface area contributed by atoms with Gasteiger partial charge >= 0.3 is 0 Å². The highest BCUT2D eigenvalue weighted by Gasteiger charge is 2.31. The third kappa shape index (κ3) is 4.54. The van der Waals surface area contributed by atoms with Gasteiger partial charge < -0.3 is 15.3 Å². The molecule has 2 fully saturated rings. The number of aromatic nitrogens is 1. The second kappa shape index (κ2) is 8.58. The van der Waals surface area contributed by atoms with Crippen molar-refractivity contribution in [2.75, 3.05) is 26.2 Å². The molecule has 2 N–H and O–H groups in total. The third-order valence-corrected chi connectivity index (χ3v) is 5.56. The van der Waals surface area contributed by atoms with Crippen LogP contribution < -0.4 is 5.32 Å². The summed E-state index contributed by atoms with van der Waals surface area (Å²) in [6.07, 6.45) is 11.0. The lowest BCUT2D eigenvalue weighted by Gasteiger charge is -2.40. The van der Waals surface area contributed by atoms with Gasteiger partial charge in [-0.2, -0.15) is 0 Å². The Morgan fingerprint density at radius 1 is 1.29 bits per heavy atom. The molecule has 0 bridgehead atoms. The average molecular weight is 331 g/mol. The monoisotopic (exact) mass is 331 g/mol. The topological polar surface area (TPSA) is 65.5 Å². The minimum absolute atomic E-state index is 0.0139. The normalized spacial score (nSPS) is 26.2. The van der Waals surface area contributed by atoms with Crippen LogP contribution in [-0.2, 0) is 0 Å². The van der Waals surface area contributed by atoms with Crippen molar-refractivity contribution in [3.8, 4) is 0 Å². The van der Waals surface area contributed by atoms with Gasteiger partial charge in [0.1, 0.15) is 0 Å². The highest BCUT2D eigenvalue weighted by atomic mass is 16.3. The summed E-state index contributed by atoms with van der Waals surface area (Å²) in [6.45, 7) is 3.14. The van der Waals surface area contributed by atoms with E-state index in [1.54, 1.807) is 24.5 Å². The second-order valence-corrected chi connectivity index (χ2v) is 7.32. The number of hydrogen-bond acceptors (Lipinski definition) is 4. The first-order valence-corrected chi connectivity index (χ1v) is 9.30. The van der Waals surface area contributed by atoms with Crippen molar-refractivity contribution >= 4 is 5.91 Å². The van der Waals surface area contributed by atoms with E-state index >= 15 is 0 Å². The van der Waals surface area contributed by atoms with Gasteiger partial charge in [0.2, 0.25) is 0 Å². The van der Waals surface area contributed by atoms with E-state index in [1.165, 1.54) is 32.1 Å². The Hall–Kier alpha value is -1.46. The van der Waals surface area contributed by atoms with Crippen molar-refractivity contribution in [3.63, 3.8) is 0 Å². The number of likely N-dealkylation sites (tertiary alicyclic amines) is 1. The fraction of sp³-hybridized carbons (Fsp3) is 0.684. The van der Waals surface area contributed by atoms with Crippen LogP contribution in [0.1, 0.15) is 48.9 Å². The predicted octanol–water partition coefficient (Wildman–Crippen LogP) is 2.07. The second-order valence-electron chi connectivity index (χ2n) is 7.32. The van der Waals surface area contributed by atoms with Crippen LogP contribution in [0, 0.1) is 11.8 Å². The molecule has 1 saturated carbocycles. The molecule has 0 unspecified atom stereocenters. The third-order valence-electron chi connectivity index (χ3n) is 5.56. The maximum Gasteiger partial charge on any atom is 0.253 e. The van der Waals surface area contributed by atoms with Crippen LogP contribution in [0.5, 0.6) is 0 Å². The number of hydrogen-bond donors (Lipinski definition) is 2. The van der Waals surface area contributed by atoms with Gasteiger partial charge in [-0.05, 0) is 43.9 Å². The quantitative estimate of drug-likeness (QED) is 0.867. The first-order chi connectivity index (χ1) is 11.8. The molecule has 1 aromatic rings. The van der Waals surface area contributed by atoms with Gasteiger partial charge in [0.25, 0.3) is 5.91 Å². The van der Waals surface area contributed by atoms with E-state index < -0.39 is 0 Å². The lowest BCUT2D eigenvalue weighted by Crippen LogP contribution is -2.54. The van der Waals surface area contributed by atoms with Crippen LogP contribution in [0.25, 0.3) is 0 Å². The number of carbonyl (C=O) groups is 1. The Morgan fingerprint density at radius 3 is 2.83 bits per heavy atom. The van der Waals surface area contributed by atoms with E-state index in [-0.39, 0.29) is 24.5 Å². The van der Waals surface area contributed by atoms with Crippen molar-refractivity contribution in [1.82, 2.24) is 15.2 Å². The lowest BCUT2D eigenvalue weighted by molar-refractivity contribution is 0.0682. The van der Waals surface area contributed by atoms with Crippen LogP contribution in [0.2, 0.25) is 0 Å². The summed E-state index contributed by atoms with van der Waals surface area (Å²) in [6, 6.07) is 3.56. The number of amides is 1. The number of carbonyl (C=O) groups excluding carboxylic acids is 1. The molecule has 0 radical (unpaired) electrons. The van der Waals surface area contributed by atoms with E-state index in [9.17, 15) is 9.90 Å². The van der Waals surface area contributed by atoms with Gasteiger partial charge in [0.15, 0.2) is 0 Å². The molecule has 1 aliphatic carbocycles. The zero-order chi connectivity index (χ0) is 16.8. The van der Waals surface area contributed by atoms with Crippen molar-refractivity contribution in [3.05, 3.63) is 30.1 Å². The minimum atomic E-state index is -0.0916. The molecule has 2 heterocycles. The molecule has 2 aliphatic rings. The molecular formula is C19H29N3O2. The van der Waals surface area contributed by atoms with Crippen LogP contribution in [-0.4, -0.2) is 53.2 Å². The van der Waals surface area contributed by atoms with E-state index in [0.717, 1.165) is 32.0 Å². The summed E-state index contributed by atoms with van der Waals surface area (Å²) in [7, 11) is 0. The number of piperidine rings is 1. The number of aliphatic hydroxyl groups excluding tert-OH is 1. The Kier molecular flexibility index (Phi) is 6.21. The van der Waals surface area contributed by atoms with Crippen molar-refractivity contribution < 1.29 is 9.90 Å². The molecule has 1 aliphatic heterocycles. The Bertz CT molecular complexity index is 517. The van der Waals surface area contributed by atoms with Gasteiger partial charge in [-0.25, -0.2) is 0 Å². The minimum Gasteiger partial charge on any atom is -0.396 e. The van der Waals surface area contributed by atoms with Crippen LogP contribution in [0.15, 0.2) is 24.5 Å². The van der Waals surface area contributed by atoms with Gasteiger partial charge in [-0.15, -0.1) is 0 Å². The van der Waals surface area contributed by atoms with Crippen molar-refractivity contribution in [2.45, 2.75) is 44.6 Å². The first kappa shape index (κ1) is 17.4. The molecule has 24 heavy (non-hydrogen) atoms. The Labute approximate surface area is 144 Å². The van der Waals surface area contributed by atoms with Gasteiger partial charge in [-0.1, -0.05) is 19.3 Å². The zero-order valence-electron chi connectivity index (χ0n) is 14.4. The standard InChI is InChI=1S/C19H29N3O2/c23-14-17-8-10-22(12-15-5-2-1-3-6-15)13-18(17)21-19(24)16-7-4-9-20-11-16/h4,7,9,11,15,17-18,23H,1-3,5-6,8,10,12-14H2,(H,21,24)/t17-,18-/m1/s1. The SMILES string of the molecule is O=C(N[C@@H]1CN(CC2CCCCC2)CC[C@@H]1CO)c1cccnc1. The van der Waals surface area contributed by atoms with E-state index in [1.807, 2.05) is 0 Å². The molecule has 5 nitrogen and oxygen atoms in total. The highest BCUT2D eigenvalue weighted by molar-refractivity contribution is 5.94. The average Bonchev–Trinajstić information content (AvgIpc) is 2.63. The smallest absolute Gasteiger partial charge is 0.253 e. The molecule has 3 rings (SSSR count). The van der Waals surface area contributed by atoms with Crippen LogP contribution >= 0.6 is 0 Å². The van der Waals surface area contributed by atoms with Crippen molar-refractivity contribution in [1.29, 1.82) is 0 Å². The van der Waals surface area contributed by atoms with E-state index in [4.69, 9.17) is 0 Å². The number of pyridine rings is 1. The van der Waals surface area contributed by atoms with Gasteiger partial charge in [0.05, 0.1) is 5.56 Å². The molecule has 0 aromatic carbocycles. The van der Waals surface area contributed by atoms with Crippen LogP contribution in [0.4, 0.5) is 0 Å². The molecule has 5 heteroatoms. The maximum absolute atomic E-state index is 12.4. The molecule has 1 aromatic heterocycles. The number of nitrogens with zero attached hydrogens (tertiary/aromatic N) is 2. The van der Waals surface area contributed by atoms with Crippen molar-refractivity contribution in [2.24, 2.45) is 11.8 Å².